The first kappa shape index (κ1) is 11.8. The summed E-state index contributed by atoms with van der Waals surface area (Å²) < 4.78 is 0. The highest BCUT2D eigenvalue weighted by Gasteiger charge is 2.45. The molecule has 0 radical (unpaired) electrons. The van der Waals surface area contributed by atoms with Gasteiger partial charge in [-0.05, 0) is 38.8 Å². The van der Waals surface area contributed by atoms with Crippen LogP contribution in [0.1, 0.15) is 32.6 Å². The van der Waals surface area contributed by atoms with Crippen molar-refractivity contribution in [3.05, 3.63) is 0 Å². The molecule has 1 saturated carbocycles. The third-order valence-electron chi connectivity index (χ3n) is 3.22. The van der Waals surface area contributed by atoms with E-state index in [1.54, 1.807) is 0 Å². The second kappa shape index (κ2) is 4.49. The van der Waals surface area contributed by atoms with Gasteiger partial charge in [-0.2, -0.15) is 0 Å². The summed E-state index contributed by atoms with van der Waals surface area (Å²) in [4.78, 5) is 11.7. The smallest absolute Gasteiger partial charge is 0.226 e. The predicted octanol–water partition coefficient (Wildman–Crippen LogP) is 1.08. The minimum absolute atomic E-state index is 0. The molecule has 1 aliphatic heterocycles. The van der Waals surface area contributed by atoms with Crippen LogP contribution in [0.25, 0.3) is 0 Å². The molecule has 2 N–H and O–H groups in total. The van der Waals surface area contributed by atoms with Gasteiger partial charge in [-0.3, -0.25) is 4.79 Å². The molecule has 1 aliphatic carbocycles. The van der Waals surface area contributed by atoms with E-state index in [2.05, 4.69) is 17.6 Å². The molecule has 0 unspecified atom stereocenters. The van der Waals surface area contributed by atoms with Crippen LogP contribution in [0.2, 0.25) is 0 Å². The Morgan fingerprint density at radius 3 is 2.43 bits per heavy atom. The molecule has 2 fully saturated rings. The molecule has 1 heterocycles. The van der Waals surface area contributed by atoms with Crippen molar-refractivity contribution in [1.82, 2.24) is 10.6 Å². The third-order valence-corrected chi connectivity index (χ3v) is 3.22. The van der Waals surface area contributed by atoms with Crippen LogP contribution in [0.3, 0.4) is 0 Å². The lowest BCUT2D eigenvalue weighted by molar-refractivity contribution is -0.126. The van der Waals surface area contributed by atoms with Crippen LogP contribution in [-0.4, -0.2) is 25.0 Å². The van der Waals surface area contributed by atoms with E-state index in [0.717, 1.165) is 38.8 Å². The molecular weight excluding hydrogens is 200 g/mol. The van der Waals surface area contributed by atoms with Crippen LogP contribution in [0.15, 0.2) is 0 Å². The number of carbonyl (C=O) groups excluding carboxylic acids is 1. The van der Waals surface area contributed by atoms with Crippen molar-refractivity contribution in [3.63, 3.8) is 0 Å². The highest BCUT2D eigenvalue weighted by molar-refractivity contribution is 5.85. The fraction of sp³-hybridized carbons (Fsp3) is 0.900. The molecule has 14 heavy (non-hydrogen) atoms. The van der Waals surface area contributed by atoms with Gasteiger partial charge in [0.25, 0.3) is 0 Å². The fourth-order valence-electron chi connectivity index (χ4n) is 1.74. The van der Waals surface area contributed by atoms with Crippen molar-refractivity contribution >= 4 is 18.3 Å². The maximum atomic E-state index is 11.7. The number of piperidine rings is 1. The number of hydrogen-bond donors (Lipinski definition) is 2. The number of halogens is 1. The van der Waals surface area contributed by atoms with E-state index in [1.165, 1.54) is 0 Å². The van der Waals surface area contributed by atoms with Gasteiger partial charge < -0.3 is 10.6 Å². The summed E-state index contributed by atoms with van der Waals surface area (Å²) in [5, 5.41) is 6.43. The molecule has 82 valence electrons. The fourth-order valence-corrected chi connectivity index (χ4v) is 1.74. The topological polar surface area (TPSA) is 41.1 Å². The maximum absolute atomic E-state index is 11.7. The lowest BCUT2D eigenvalue weighted by Gasteiger charge is -2.25. The van der Waals surface area contributed by atoms with Crippen molar-refractivity contribution in [2.24, 2.45) is 5.41 Å². The van der Waals surface area contributed by atoms with Crippen molar-refractivity contribution < 1.29 is 4.79 Å². The van der Waals surface area contributed by atoms with Gasteiger partial charge in [0.15, 0.2) is 0 Å². The van der Waals surface area contributed by atoms with E-state index in [9.17, 15) is 4.79 Å². The zero-order valence-electron chi connectivity index (χ0n) is 8.64. The number of nitrogens with one attached hydrogen (secondary N) is 2. The number of hydrogen-bond acceptors (Lipinski definition) is 2. The number of carbonyl (C=O) groups is 1. The lowest BCUT2D eigenvalue weighted by Crippen LogP contribution is -2.44. The Morgan fingerprint density at radius 2 is 1.93 bits per heavy atom. The van der Waals surface area contributed by atoms with Gasteiger partial charge in [-0.15, -0.1) is 12.4 Å². The summed E-state index contributed by atoms with van der Waals surface area (Å²) in [6.45, 7) is 4.15. The molecule has 1 saturated heterocycles. The number of amides is 1. The van der Waals surface area contributed by atoms with E-state index in [4.69, 9.17) is 0 Å². The summed E-state index contributed by atoms with van der Waals surface area (Å²) in [7, 11) is 0. The van der Waals surface area contributed by atoms with Crippen LogP contribution >= 0.6 is 12.4 Å². The van der Waals surface area contributed by atoms with Crippen molar-refractivity contribution in [1.29, 1.82) is 0 Å². The van der Waals surface area contributed by atoms with E-state index >= 15 is 0 Å². The van der Waals surface area contributed by atoms with Crippen LogP contribution in [0, 0.1) is 5.41 Å². The highest BCUT2D eigenvalue weighted by atomic mass is 35.5. The Labute approximate surface area is 91.4 Å². The zero-order valence-corrected chi connectivity index (χ0v) is 9.45. The molecule has 0 aromatic carbocycles. The molecule has 0 aromatic rings. The van der Waals surface area contributed by atoms with Crippen molar-refractivity contribution in [2.45, 2.75) is 38.6 Å². The summed E-state index contributed by atoms with van der Waals surface area (Å²) in [5.41, 5.74) is -0.00905. The standard InChI is InChI=1S/C10H18N2O.ClH/c1-10(4-5-10)9(13)12-8-2-6-11-7-3-8;/h8,11H,2-7H2,1H3,(H,12,13);1H. The SMILES string of the molecule is CC1(C(=O)NC2CCNCC2)CC1.Cl. The predicted molar refractivity (Wildman–Crippen MR) is 58.6 cm³/mol. The van der Waals surface area contributed by atoms with Gasteiger partial charge >= 0.3 is 0 Å². The van der Waals surface area contributed by atoms with Gasteiger partial charge in [0.1, 0.15) is 0 Å². The molecular formula is C10H19ClN2O. The van der Waals surface area contributed by atoms with Gasteiger partial charge in [-0.1, -0.05) is 6.92 Å². The van der Waals surface area contributed by atoms with E-state index in [-0.39, 0.29) is 23.7 Å². The van der Waals surface area contributed by atoms with Gasteiger partial charge in [0.05, 0.1) is 0 Å². The summed E-state index contributed by atoms with van der Waals surface area (Å²) >= 11 is 0. The second-order valence-electron chi connectivity index (χ2n) is 4.56. The normalized spacial score (nSPS) is 24.9. The Kier molecular flexibility index (Phi) is 3.78. The average molecular weight is 219 g/mol. The van der Waals surface area contributed by atoms with E-state index in [1.807, 2.05) is 0 Å². The molecule has 0 aromatic heterocycles. The first-order valence-corrected chi connectivity index (χ1v) is 5.22. The molecule has 4 heteroatoms. The van der Waals surface area contributed by atoms with Gasteiger partial charge in [0.2, 0.25) is 5.91 Å². The maximum Gasteiger partial charge on any atom is 0.226 e. The zero-order chi connectivity index (χ0) is 9.31. The Hall–Kier alpha value is -0.280. The average Bonchev–Trinajstić information content (AvgIpc) is 2.87. The van der Waals surface area contributed by atoms with Crippen LogP contribution in [-0.2, 0) is 4.79 Å². The van der Waals surface area contributed by atoms with E-state index in [0.29, 0.717) is 6.04 Å². The van der Waals surface area contributed by atoms with Crippen LogP contribution < -0.4 is 10.6 Å². The molecule has 2 rings (SSSR count). The molecule has 0 spiro atoms. The third kappa shape index (κ3) is 2.61. The summed E-state index contributed by atoms with van der Waals surface area (Å²) in [6, 6.07) is 0.422. The Morgan fingerprint density at radius 1 is 1.36 bits per heavy atom. The Bertz CT molecular complexity index is 210. The molecule has 3 nitrogen and oxygen atoms in total. The van der Waals surface area contributed by atoms with Crippen LogP contribution in [0.5, 0.6) is 0 Å². The first-order valence-electron chi connectivity index (χ1n) is 5.22. The molecule has 2 aliphatic rings. The quantitative estimate of drug-likeness (QED) is 0.728. The van der Waals surface area contributed by atoms with Crippen molar-refractivity contribution in [2.75, 3.05) is 13.1 Å². The summed E-state index contributed by atoms with van der Waals surface area (Å²) in [6.07, 6.45) is 4.32. The molecule has 0 atom stereocenters. The van der Waals surface area contributed by atoms with E-state index < -0.39 is 0 Å². The summed E-state index contributed by atoms with van der Waals surface area (Å²) in [5.74, 6) is 0.277. The number of rotatable bonds is 2. The molecule has 0 bridgehead atoms. The lowest BCUT2D eigenvalue weighted by atomic mass is 10.0. The first-order chi connectivity index (χ1) is 6.21. The van der Waals surface area contributed by atoms with Crippen molar-refractivity contribution in [3.8, 4) is 0 Å². The van der Waals surface area contributed by atoms with Gasteiger partial charge in [0, 0.05) is 11.5 Å². The molecule has 1 amide bonds. The second-order valence-corrected chi connectivity index (χ2v) is 4.56. The van der Waals surface area contributed by atoms with Crippen LogP contribution in [0.4, 0.5) is 0 Å². The minimum Gasteiger partial charge on any atom is -0.353 e. The monoisotopic (exact) mass is 218 g/mol. The van der Waals surface area contributed by atoms with Gasteiger partial charge in [-0.25, -0.2) is 0 Å². The minimum atomic E-state index is -0.00905. The highest BCUT2D eigenvalue weighted by Crippen LogP contribution is 2.45. The Balaban J connectivity index is 0.000000980. The largest absolute Gasteiger partial charge is 0.353 e.